The zero-order valence-corrected chi connectivity index (χ0v) is 15.6. The molecule has 5 unspecified atom stereocenters. The van der Waals surface area contributed by atoms with Gasteiger partial charge in [0.25, 0.3) is 11.3 Å². The van der Waals surface area contributed by atoms with Crippen LogP contribution in [0, 0.1) is 5.92 Å². The topological polar surface area (TPSA) is 26.3 Å². The summed E-state index contributed by atoms with van der Waals surface area (Å²) in [6.45, 7) is -3.14. The maximum Gasteiger partial charge on any atom is 0.333 e. The van der Waals surface area contributed by atoms with E-state index in [0.29, 0.717) is 0 Å². The minimum atomic E-state index is -7.03. The Morgan fingerprint density at radius 2 is 1.35 bits per heavy atom. The van der Waals surface area contributed by atoms with Crippen LogP contribution < -0.4 is 0 Å². The van der Waals surface area contributed by atoms with Gasteiger partial charge < -0.3 is 4.74 Å². The predicted molar refractivity (Wildman–Crippen MR) is 78.2 cm³/mol. The van der Waals surface area contributed by atoms with Gasteiger partial charge in [0.1, 0.15) is 13.3 Å². The van der Waals surface area contributed by atoms with Gasteiger partial charge in [0.05, 0.1) is 5.92 Å². The number of halogens is 13. The van der Waals surface area contributed by atoms with Crippen molar-refractivity contribution in [3.05, 3.63) is 12.2 Å². The molecule has 1 aliphatic carbocycles. The van der Waals surface area contributed by atoms with Crippen LogP contribution in [0.1, 0.15) is 13.8 Å². The summed E-state index contributed by atoms with van der Waals surface area (Å²) >= 11 is 0. The summed E-state index contributed by atoms with van der Waals surface area (Å²) in [6, 6.07) is 0. The minimum absolute atomic E-state index is 0.746. The fraction of sp³-hybridized carbons (Fsp3) is 0.812. The van der Waals surface area contributed by atoms with Crippen molar-refractivity contribution in [2.75, 3.05) is 13.3 Å². The van der Waals surface area contributed by atoms with E-state index < -0.39 is 85.0 Å². The zero-order valence-electron chi connectivity index (χ0n) is 15.6. The molecule has 0 amide bonds. The van der Waals surface area contributed by atoms with Gasteiger partial charge in [0.2, 0.25) is 12.1 Å². The summed E-state index contributed by atoms with van der Waals surface area (Å²) in [5.41, 5.74) is -19.7. The number of rotatable bonds is 7. The van der Waals surface area contributed by atoms with Gasteiger partial charge in [-0.3, -0.25) is 4.39 Å². The number of carbonyl (C=O) groups is 1. The largest absolute Gasteiger partial charge is 0.458 e. The Morgan fingerprint density at radius 3 is 1.71 bits per heavy atom. The van der Waals surface area contributed by atoms with E-state index >= 15 is 0 Å². The Kier molecular flexibility index (Phi) is 6.80. The fourth-order valence-corrected chi connectivity index (χ4v) is 2.98. The van der Waals surface area contributed by atoms with Crippen molar-refractivity contribution in [2.45, 2.75) is 61.2 Å². The van der Waals surface area contributed by atoms with Crippen LogP contribution >= 0.6 is 0 Å². The SMILES string of the molecule is C=C(C)C(=O)OCC1(F)C(F)(F)C(C)(F)C(F)(F)C(F)(C(F)C(CF)C(F)F)C1(F)F. The van der Waals surface area contributed by atoms with Crippen molar-refractivity contribution in [3.63, 3.8) is 0 Å². The Hall–Kier alpha value is -1.70. The maximum atomic E-state index is 15.0. The molecular weight excluding hydrogens is 471 g/mol. The van der Waals surface area contributed by atoms with Gasteiger partial charge in [0.15, 0.2) is 6.17 Å². The van der Waals surface area contributed by atoms with Crippen molar-refractivity contribution in [2.24, 2.45) is 5.92 Å². The van der Waals surface area contributed by atoms with Gasteiger partial charge in [0, 0.05) is 5.57 Å². The third-order valence-electron chi connectivity index (χ3n) is 5.10. The van der Waals surface area contributed by atoms with Gasteiger partial charge in [-0.05, 0) is 13.8 Å². The Bertz CT molecular complexity index is 722. The molecule has 0 saturated heterocycles. The first-order valence-electron chi connectivity index (χ1n) is 8.14. The normalized spacial score (nSPS) is 36.0. The summed E-state index contributed by atoms with van der Waals surface area (Å²) in [6.07, 6.45) is -9.54. The van der Waals surface area contributed by atoms with E-state index in [1.54, 1.807) is 0 Å². The van der Waals surface area contributed by atoms with Crippen LogP contribution in [0.4, 0.5) is 57.1 Å². The smallest absolute Gasteiger partial charge is 0.333 e. The van der Waals surface area contributed by atoms with Gasteiger partial charge in [-0.1, -0.05) is 6.58 Å². The summed E-state index contributed by atoms with van der Waals surface area (Å²) in [5.74, 6) is -26.3. The van der Waals surface area contributed by atoms with Gasteiger partial charge in [-0.25, -0.2) is 31.1 Å². The average molecular weight is 486 g/mol. The van der Waals surface area contributed by atoms with E-state index in [1.165, 1.54) is 0 Å². The summed E-state index contributed by atoms with van der Waals surface area (Å²) in [4.78, 5) is 11.2. The van der Waals surface area contributed by atoms with Gasteiger partial charge in [-0.15, -0.1) is 0 Å². The number of ether oxygens (including phenoxy) is 1. The van der Waals surface area contributed by atoms with E-state index in [1.807, 2.05) is 0 Å². The highest BCUT2D eigenvalue weighted by atomic mass is 19.3. The van der Waals surface area contributed by atoms with E-state index in [-0.39, 0.29) is 0 Å². The standard InChI is InChI=1S/C16H15F13O2/c1-6(2)10(30)31-5-12(22)14(24,25)11(3,21)15(26,27)13(23,16(12,28)29)8(18)7(4-17)9(19)20/h7-9H,1,4-5H2,2-3H3. The minimum Gasteiger partial charge on any atom is -0.458 e. The third-order valence-corrected chi connectivity index (χ3v) is 5.10. The summed E-state index contributed by atoms with van der Waals surface area (Å²) < 4.78 is 187. The molecule has 0 bridgehead atoms. The summed E-state index contributed by atoms with van der Waals surface area (Å²) in [5, 5.41) is 0. The quantitative estimate of drug-likeness (QED) is 0.275. The second-order valence-electron chi connectivity index (χ2n) is 7.15. The molecule has 0 heterocycles. The molecule has 15 heteroatoms. The molecule has 0 radical (unpaired) electrons. The molecule has 5 atom stereocenters. The van der Waals surface area contributed by atoms with Crippen molar-refractivity contribution >= 4 is 5.97 Å². The maximum absolute atomic E-state index is 15.0. The second-order valence-corrected chi connectivity index (χ2v) is 7.15. The molecular formula is C16H15F13O2. The monoisotopic (exact) mass is 486 g/mol. The summed E-state index contributed by atoms with van der Waals surface area (Å²) in [7, 11) is 0. The first kappa shape index (κ1) is 27.3. The molecule has 182 valence electrons. The average Bonchev–Trinajstić information content (AvgIpc) is 2.63. The lowest BCUT2D eigenvalue weighted by Gasteiger charge is -2.58. The highest BCUT2D eigenvalue weighted by Gasteiger charge is 2.99. The highest BCUT2D eigenvalue weighted by molar-refractivity contribution is 5.87. The Morgan fingerprint density at radius 1 is 0.903 bits per heavy atom. The molecule has 1 saturated carbocycles. The molecule has 0 aromatic carbocycles. The van der Waals surface area contributed by atoms with E-state index in [2.05, 4.69) is 11.3 Å². The van der Waals surface area contributed by atoms with Crippen molar-refractivity contribution in [3.8, 4) is 0 Å². The third kappa shape index (κ3) is 3.19. The molecule has 0 aliphatic heterocycles. The number of hydrogen-bond donors (Lipinski definition) is 0. The highest BCUT2D eigenvalue weighted by Crippen LogP contribution is 2.70. The van der Waals surface area contributed by atoms with Crippen LogP contribution in [0.2, 0.25) is 0 Å². The molecule has 0 N–H and O–H groups in total. The van der Waals surface area contributed by atoms with Crippen LogP contribution in [0.25, 0.3) is 0 Å². The lowest BCUT2D eigenvalue weighted by atomic mass is 9.60. The van der Waals surface area contributed by atoms with Crippen LogP contribution in [-0.2, 0) is 9.53 Å². The second kappa shape index (κ2) is 7.71. The lowest BCUT2D eigenvalue weighted by Crippen LogP contribution is -2.88. The number of esters is 1. The zero-order chi connectivity index (χ0) is 25.0. The van der Waals surface area contributed by atoms with E-state index in [0.717, 1.165) is 6.92 Å². The van der Waals surface area contributed by atoms with E-state index in [9.17, 15) is 61.9 Å². The molecule has 1 rings (SSSR count). The molecule has 1 fully saturated rings. The van der Waals surface area contributed by atoms with Gasteiger partial charge >= 0.3 is 23.7 Å². The molecule has 0 spiro atoms. The first-order chi connectivity index (χ1) is 13.6. The number of hydrogen-bond acceptors (Lipinski definition) is 2. The van der Waals surface area contributed by atoms with Crippen LogP contribution in [0.5, 0.6) is 0 Å². The molecule has 0 aromatic heterocycles. The van der Waals surface area contributed by atoms with Crippen molar-refractivity contribution in [1.29, 1.82) is 0 Å². The van der Waals surface area contributed by atoms with Crippen molar-refractivity contribution < 1.29 is 66.6 Å². The Balaban J connectivity index is 3.87. The number of carbonyl (C=O) groups excluding carboxylic acids is 1. The van der Waals surface area contributed by atoms with Crippen LogP contribution in [0.15, 0.2) is 12.2 Å². The van der Waals surface area contributed by atoms with Crippen LogP contribution in [-0.4, -0.2) is 66.6 Å². The predicted octanol–water partition coefficient (Wildman–Crippen LogP) is 5.36. The first-order valence-corrected chi connectivity index (χ1v) is 8.14. The van der Waals surface area contributed by atoms with Crippen molar-refractivity contribution in [1.82, 2.24) is 0 Å². The molecule has 31 heavy (non-hydrogen) atoms. The van der Waals surface area contributed by atoms with Gasteiger partial charge in [-0.2, -0.15) is 26.3 Å². The van der Waals surface area contributed by atoms with E-state index in [4.69, 9.17) is 0 Å². The molecule has 0 aromatic rings. The lowest BCUT2D eigenvalue weighted by molar-refractivity contribution is -0.444. The molecule has 2 nitrogen and oxygen atoms in total. The number of alkyl halides is 13. The Labute approximate surface area is 166 Å². The molecule has 1 aliphatic rings. The fourth-order valence-electron chi connectivity index (χ4n) is 2.98. The van der Waals surface area contributed by atoms with Crippen LogP contribution in [0.3, 0.4) is 0 Å².